The van der Waals surface area contributed by atoms with Gasteiger partial charge in [0.25, 0.3) is 0 Å². The summed E-state index contributed by atoms with van der Waals surface area (Å²) in [6, 6.07) is 3.44. The summed E-state index contributed by atoms with van der Waals surface area (Å²) in [6.07, 6.45) is 2.90. The van der Waals surface area contributed by atoms with Crippen molar-refractivity contribution in [2.24, 2.45) is 0 Å². The highest BCUT2D eigenvalue weighted by Gasteiger charge is 2.16. The van der Waals surface area contributed by atoms with E-state index in [9.17, 15) is 4.79 Å². The molecule has 0 atom stereocenters. The van der Waals surface area contributed by atoms with E-state index in [1.165, 1.54) is 17.2 Å². The van der Waals surface area contributed by atoms with Crippen LogP contribution in [-0.2, 0) is 11.3 Å². The van der Waals surface area contributed by atoms with Gasteiger partial charge in [-0.2, -0.15) is 4.98 Å². The van der Waals surface area contributed by atoms with Crippen molar-refractivity contribution >= 4 is 23.1 Å². The van der Waals surface area contributed by atoms with Gasteiger partial charge < -0.3 is 19.8 Å². The maximum absolute atomic E-state index is 10.8. The number of nitrogens with zero attached hydrogens (tertiary/aromatic N) is 4. The number of carbonyl (C=O) groups is 1. The molecule has 3 aromatic rings. The lowest BCUT2D eigenvalue weighted by Gasteiger charge is -2.02. The molecular formula is C11H9N5O3. The Labute approximate surface area is 106 Å². The van der Waals surface area contributed by atoms with E-state index in [0.717, 1.165) is 0 Å². The number of rotatable bonds is 3. The minimum Gasteiger partial charge on any atom is -0.480 e. The number of hydrogen-bond acceptors (Lipinski definition) is 6. The second kappa shape index (κ2) is 4.09. The number of hydrogen-bond donors (Lipinski definition) is 2. The van der Waals surface area contributed by atoms with Crippen LogP contribution in [-0.4, -0.2) is 30.6 Å². The molecule has 0 aliphatic carbocycles. The van der Waals surface area contributed by atoms with E-state index in [4.69, 9.17) is 15.3 Å². The Balaban J connectivity index is 2.24. The summed E-state index contributed by atoms with van der Waals surface area (Å²) in [5.74, 6) is -0.457. The van der Waals surface area contributed by atoms with E-state index in [0.29, 0.717) is 22.6 Å². The van der Waals surface area contributed by atoms with Gasteiger partial charge in [-0.25, -0.2) is 9.97 Å². The van der Waals surface area contributed by atoms with E-state index in [2.05, 4.69) is 15.0 Å². The smallest absolute Gasteiger partial charge is 0.323 e. The molecule has 19 heavy (non-hydrogen) atoms. The molecule has 3 aromatic heterocycles. The van der Waals surface area contributed by atoms with Crippen molar-refractivity contribution in [1.29, 1.82) is 0 Å². The first kappa shape index (κ1) is 11.2. The number of carboxylic acids is 1. The topological polar surface area (TPSA) is 120 Å². The molecule has 0 saturated heterocycles. The Kier molecular flexibility index (Phi) is 2.41. The molecule has 96 valence electrons. The van der Waals surface area contributed by atoms with E-state index in [1.807, 2.05) is 0 Å². The van der Waals surface area contributed by atoms with Crippen LogP contribution >= 0.6 is 0 Å². The van der Waals surface area contributed by atoms with E-state index in [1.54, 1.807) is 12.1 Å². The number of aromatic nitrogens is 4. The molecule has 3 heterocycles. The molecule has 0 aromatic carbocycles. The maximum Gasteiger partial charge on any atom is 0.323 e. The van der Waals surface area contributed by atoms with E-state index < -0.39 is 5.97 Å². The predicted octanol–water partition coefficient (Wildman–Crippen LogP) is 0.753. The molecular weight excluding hydrogens is 250 g/mol. The third kappa shape index (κ3) is 1.88. The summed E-state index contributed by atoms with van der Waals surface area (Å²) >= 11 is 0. The van der Waals surface area contributed by atoms with Crippen LogP contribution in [0.5, 0.6) is 0 Å². The van der Waals surface area contributed by atoms with Gasteiger partial charge in [-0.1, -0.05) is 0 Å². The SMILES string of the molecule is Nc1nc(-c2ccco2)c2ncn(CC(=O)O)c2n1. The lowest BCUT2D eigenvalue weighted by atomic mass is 10.3. The Bertz CT molecular complexity index is 747. The first-order valence-corrected chi connectivity index (χ1v) is 5.39. The molecule has 3 N–H and O–H groups in total. The zero-order valence-corrected chi connectivity index (χ0v) is 9.65. The molecule has 0 fully saturated rings. The largest absolute Gasteiger partial charge is 0.480 e. The highest BCUT2D eigenvalue weighted by atomic mass is 16.4. The third-order valence-corrected chi connectivity index (χ3v) is 2.54. The van der Waals surface area contributed by atoms with Crippen molar-refractivity contribution in [1.82, 2.24) is 19.5 Å². The summed E-state index contributed by atoms with van der Waals surface area (Å²) in [4.78, 5) is 23.0. The first-order chi connectivity index (χ1) is 9.15. The normalized spacial score (nSPS) is 10.9. The van der Waals surface area contributed by atoms with Crippen LogP contribution in [0.4, 0.5) is 5.95 Å². The second-order valence-corrected chi connectivity index (χ2v) is 3.85. The number of carboxylic acid groups (broad SMARTS) is 1. The van der Waals surface area contributed by atoms with Crippen LogP contribution < -0.4 is 5.73 Å². The average Bonchev–Trinajstić information content (AvgIpc) is 2.98. The van der Waals surface area contributed by atoms with Gasteiger partial charge in [0.15, 0.2) is 11.4 Å². The van der Waals surface area contributed by atoms with Crippen LogP contribution in [0.2, 0.25) is 0 Å². The molecule has 0 saturated carbocycles. The number of fused-ring (bicyclic) bond motifs is 1. The predicted molar refractivity (Wildman–Crippen MR) is 65.1 cm³/mol. The zero-order chi connectivity index (χ0) is 13.4. The highest BCUT2D eigenvalue weighted by Crippen LogP contribution is 2.25. The average molecular weight is 259 g/mol. The molecule has 8 nitrogen and oxygen atoms in total. The van der Waals surface area contributed by atoms with Crippen molar-refractivity contribution in [3.05, 3.63) is 24.7 Å². The lowest BCUT2D eigenvalue weighted by molar-refractivity contribution is -0.137. The fraction of sp³-hybridized carbons (Fsp3) is 0.0909. The molecule has 0 radical (unpaired) electrons. The van der Waals surface area contributed by atoms with Crippen molar-refractivity contribution in [3.63, 3.8) is 0 Å². The Morgan fingerprint density at radius 3 is 3.00 bits per heavy atom. The minimum absolute atomic E-state index is 0.0334. The zero-order valence-electron chi connectivity index (χ0n) is 9.65. The molecule has 0 unspecified atom stereocenters. The van der Waals surface area contributed by atoms with Gasteiger partial charge in [0.05, 0.1) is 12.6 Å². The van der Waals surface area contributed by atoms with Crippen molar-refractivity contribution in [2.45, 2.75) is 6.54 Å². The Morgan fingerprint density at radius 1 is 1.47 bits per heavy atom. The minimum atomic E-state index is -0.990. The van der Waals surface area contributed by atoms with Crippen molar-refractivity contribution in [2.75, 3.05) is 5.73 Å². The second-order valence-electron chi connectivity index (χ2n) is 3.85. The van der Waals surface area contributed by atoms with Crippen molar-refractivity contribution in [3.8, 4) is 11.5 Å². The molecule has 8 heteroatoms. The van der Waals surface area contributed by atoms with E-state index >= 15 is 0 Å². The fourth-order valence-corrected chi connectivity index (χ4v) is 1.81. The third-order valence-electron chi connectivity index (χ3n) is 2.54. The number of aliphatic carboxylic acids is 1. The number of anilines is 1. The van der Waals surface area contributed by atoms with Gasteiger partial charge in [0.2, 0.25) is 5.95 Å². The van der Waals surface area contributed by atoms with Crippen LogP contribution in [0.3, 0.4) is 0 Å². The van der Waals surface area contributed by atoms with Gasteiger partial charge in [-0.05, 0) is 12.1 Å². The van der Waals surface area contributed by atoms with Gasteiger partial charge in [-0.3, -0.25) is 4.79 Å². The molecule has 3 rings (SSSR count). The van der Waals surface area contributed by atoms with E-state index in [-0.39, 0.29) is 12.5 Å². The number of imidazole rings is 1. The standard InChI is InChI=1S/C11H9N5O3/c12-11-14-8(6-2-1-3-19-6)9-10(15-11)16(5-13-9)4-7(17)18/h1-3,5H,4H2,(H,17,18)(H2,12,14,15). The Morgan fingerprint density at radius 2 is 2.32 bits per heavy atom. The van der Waals surface area contributed by atoms with Gasteiger partial charge in [0.1, 0.15) is 17.8 Å². The Hall–Kier alpha value is -2.90. The van der Waals surface area contributed by atoms with Crippen LogP contribution in [0.1, 0.15) is 0 Å². The highest BCUT2D eigenvalue weighted by molar-refractivity contribution is 5.87. The number of furan rings is 1. The van der Waals surface area contributed by atoms with Crippen LogP contribution in [0.15, 0.2) is 29.1 Å². The quantitative estimate of drug-likeness (QED) is 0.712. The lowest BCUT2D eigenvalue weighted by Crippen LogP contribution is -2.09. The number of nitrogen functional groups attached to an aromatic ring is 1. The molecule has 0 aliphatic rings. The first-order valence-electron chi connectivity index (χ1n) is 5.39. The summed E-state index contributed by atoms with van der Waals surface area (Å²) in [7, 11) is 0. The molecule has 0 aliphatic heterocycles. The van der Waals surface area contributed by atoms with Gasteiger partial charge in [0, 0.05) is 0 Å². The van der Waals surface area contributed by atoms with Crippen LogP contribution in [0, 0.1) is 0 Å². The maximum atomic E-state index is 10.8. The monoisotopic (exact) mass is 259 g/mol. The number of nitrogens with two attached hydrogens (primary N) is 1. The molecule has 0 amide bonds. The summed E-state index contributed by atoms with van der Waals surface area (Å²) in [6.45, 7) is -0.245. The van der Waals surface area contributed by atoms with Gasteiger partial charge in [-0.15, -0.1) is 0 Å². The molecule has 0 spiro atoms. The van der Waals surface area contributed by atoms with Crippen molar-refractivity contribution < 1.29 is 14.3 Å². The van der Waals surface area contributed by atoms with Gasteiger partial charge >= 0.3 is 5.97 Å². The van der Waals surface area contributed by atoms with Crippen LogP contribution in [0.25, 0.3) is 22.6 Å². The molecule has 0 bridgehead atoms. The fourth-order valence-electron chi connectivity index (χ4n) is 1.81. The summed E-state index contributed by atoms with van der Waals surface area (Å²) in [5, 5.41) is 8.83. The summed E-state index contributed by atoms with van der Waals surface area (Å²) in [5.41, 5.74) is 6.89. The summed E-state index contributed by atoms with van der Waals surface area (Å²) < 4.78 is 6.65.